The Morgan fingerprint density at radius 2 is 2.08 bits per heavy atom. The van der Waals surface area contributed by atoms with Gasteiger partial charge in [0.1, 0.15) is 28.0 Å². The molecule has 0 fully saturated rings. The molecule has 3 aromatic rings. The van der Waals surface area contributed by atoms with E-state index in [9.17, 15) is 9.18 Å². The van der Waals surface area contributed by atoms with E-state index in [1.54, 1.807) is 26.1 Å². The lowest BCUT2D eigenvalue weighted by Crippen LogP contribution is -2.08. The van der Waals surface area contributed by atoms with Gasteiger partial charge in [-0.05, 0) is 42.7 Å². The van der Waals surface area contributed by atoms with E-state index in [0.29, 0.717) is 22.0 Å². The molecule has 24 heavy (non-hydrogen) atoms. The van der Waals surface area contributed by atoms with Gasteiger partial charge in [-0.2, -0.15) is 4.37 Å². The molecule has 0 spiro atoms. The summed E-state index contributed by atoms with van der Waals surface area (Å²) >= 11 is 2.64. The number of halogens is 1. The van der Waals surface area contributed by atoms with Crippen LogP contribution in [0.1, 0.15) is 21.7 Å². The number of hydrogen-bond donors (Lipinski definition) is 1. The number of benzene rings is 1. The molecule has 0 aliphatic carbocycles. The standard InChI is InChI=1S/C16H14FN3O2S2/c1-9-13(15(18-2)24-20-9)16(21)22-7-12-8-23-14(19-12)10-3-5-11(17)6-4-10/h3-6,8,18H,7H2,1-2H3. The van der Waals surface area contributed by atoms with Gasteiger partial charge in [0.2, 0.25) is 0 Å². The van der Waals surface area contributed by atoms with Crippen molar-refractivity contribution in [2.45, 2.75) is 13.5 Å². The summed E-state index contributed by atoms with van der Waals surface area (Å²) in [5.41, 5.74) is 2.57. The van der Waals surface area contributed by atoms with Crippen molar-refractivity contribution in [2.24, 2.45) is 0 Å². The van der Waals surface area contributed by atoms with Gasteiger partial charge in [-0.3, -0.25) is 0 Å². The molecular weight excluding hydrogens is 349 g/mol. The highest BCUT2D eigenvalue weighted by Crippen LogP contribution is 2.26. The lowest BCUT2D eigenvalue weighted by molar-refractivity contribution is 0.0469. The SMILES string of the molecule is CNc1snc(C)c1C(=O)OCc1csc(-c2ccc(F)cc2)n1. The maximum Gasteiger partial charge on any atom is 0.343 e. The molecule has 124 valence electrons. The summed E-state index contributed by atoms with van der Waals surface area (Å²) in [5, 5.41) is 6.20. The van der Waals surface area contributed by atoms with Crippen LogP contribution >= 0.6 is 22.9 Å². The zero-order chi connectivity index (χ0) is 17.1. The first-order valence-electron chi connectivity index (χ1n) is 7.10. The fourth-order valence-corrected chi connectivity index (χ4v) is 3.63. The van der Waals surface area contributed by atoms with Crippen molar-refractivity contribution in [3.05, 3.63) is 52.4 Å². The smallest absolute Gasteiger partial charge is 0.343 e. The van der Waals surface area contributed by atoms with Crippen molar-refractivity contribution < 1.29 is 13.9 Å². The highest BCUT2D eigenvalue weighted by Gasteiger charge is 2.19. The highest BCUT2D eigenvalue weighted by atomic mass is 32.1. The second-order valence-corrected chi connectivity index (χ2v) is 6.58. The van der Waals surface area contributed by atoms with Crippen LogP contribution in [0.2, 0.25) is 0 Å². The first-order valence-corrected chi connectivity index (χ1v) is 8.75. The third-order valence-electron chi connectivity index (χ3n) is 3.29. The molecule has 0 aliphatic rings. The molecule has 5 nitrogen and oxygen atoms in total. The van der Waals surface area contributed by atoms with Crippen LogP contribution in [-0.2, 0) is 11.3 Å². The Bertz CT molecular complexity index is 859. The van der Waals surface area contributed by atoms with E-state index in [2.05, 4.69) is 14.7 Å². The average molecular weight is 363 g/mol. The molecule has 2 heterocycles. The monoisotopic (exact) mass is 363 g/mol. The number of rotatable bonds is 5. The second kappa shape index (κ2) is 7.06. The van der Waals surface area contributed by atoms with Gasteiger partial charge in [0.15, 0.2) is 0 Å². The number of esters is 1. The summed E-state index contributed by atoms with van der Waals surface area (Å²) in [7, 11) is 1.74. The Balaban J connectivity index is 1.68. The molecular formula is C16H14FN3O2S2. The number of hydrogen-bond acceptors (Lipinski definition) is 7. The topological polar surface area (TPSA) is 64.1 Å². The molecule has 2 aromatic heterocycles. The third kappa shape index (κ3) is 3.44. The summed E-state index contributed by atoms with van der Waals surface area (Å²) in [6.07, 6.45) is 0. The number of thiazole rings is 1. The maximum atomic E-state index is 13.0. The molecule has 0 saturated heterocycles. The minimum absolute atomic E-state index is 0.0783. The largest absolute Gasteiger partial charge is 0.455 e. The van der Waals surface area contributed by atoms with Crippen LogP contribution in [-0.4, -0.2) is 22.4 Å². The van der Waals surface area contributed by atoms with Crippen LogP contribution in [0, 0.1) is 12.7 Å². The van der Waals surface area contributed by atoms with Gasteiger partial charge in [-0.15, -0.1) is 11.3 Å². The summed E-state index contributed by atoms with van der Waals surface area (Å²) in [5.74, 6) is -0.716. The van der Waals surface area contributed by atoms with E-state index in [1.165, 1.54) is 35.0 Å². The summed E-state index contributed by atoms with van der Waals surface area (Å²) < 4.78 is 22.4. The molecule has 8 heteroatoms. The lowest BCUT2D eigenvalue weighted by atomic mass is 10.2. The molecule has 3 rings (SSSR count). The quantitative estimate of drug-likeness (QED) is 0.691. The van der Waals surface area contributed by atoms with E-state index >= 15 is 0 Å². The van der Waals surface area contributed by atoms with E-state index in [1.807, 2.05) is 5.38 Å². The molecule has 0 amide bonds. The summed E-state index contributed by atoms with van der Waals surface area (Å²) in [4.78, 5) is 16.7. The minimum atomic E-state index is -0.429. The molecule has 0 atom stereocenters. The van der Waals surface area contributed by atoms with E-state index in [4.69, 9.17) is 4.74 Å². The minimum Gasteiger partial charge on any atom is -0.455 e. The van der Waals surface area contributed by atoms with Gasteiger partial charge in [-0.25, -0.2) is 14.2 Å². The number of carbonyl (C=O) groups excluding carboxylic acids is 1. The van der Waals surface area contributed by atoms with Crippen molar-refractivity contribution in [3.63, 3.8) is 0 Å². The first kappa shape index (κ1) is 16.5. The normalized spacial score (nSPS) is 10.6. The zero-order valence-corrected chi connectivity index (χ0v) is 14.6. The van der Waals surface area contributed by atoms with Gasteiger partial charge in [0.05, 0.1) is 11.4 Å². The van der Waals surface area contributed by atoms with Gasteiger partial charge in [0.25, 0.3) is 0 Å². The van der Waals surface area contributed by atoms with Crippen molar-refractivity contribution in [2.75, 3.05) is 12.4 Å². The molecule has 0 radical (unpaired) electrons. The third-order valence-corrected chi connectivity index (χ3v) is 5.18. The lowest BCUT2D eigenvalue weighted by Gasteiger charge is -2.04. The van der Waals surface area contributed by atoms with E-state index in [0.717, 1.165) is 10.6 Å². The number of carbonyl (C=O) groups is 1. The Kier molecular flexibility index (Phi) is 4.86. The molecule has 0 aliphatic heterocycles. The molecule has 1 aromatic carbocycles. The Labute approximate surface area is 146 Å². The number of ether oxygens (including phenoxy) is 1. The average Bonchev–Trinajstić information content (AvgIpc) is 3.20. The first-order chi connectivity index (χ1) is 11.6. The predicted molar refractivity (Wildman–Crippen MR) is 93.0 cm³/mol. The van der Waals surface area contributed by atoms with Crippen molar-refractivity contribution in [1.82, 2.24) is 9.36 Å². The Morgan fingerprint density at radius 3 is 2.79 bits per heavy atom. The number of anilines is 1. The van der Waals surface area contributed by atoms with Crippen LogP contribution in [0.25, 0.3) is 10.6 Å². The van der Waals surface area contributed by atoms with E-state index in [-0.39, 0.29) is 12.4 Å². The molecule has 0 saturated carbocycles. The maximum absolute atomic E-state index is 13.0. The highest BCUT2D eigenvalue weighted by molar-refractivity contribution is 7.13. The number of nitrogens with zero attached hydrogens (tertiary/aromatic N) is 2. The van der Waals surface area contributed by atoms with Gasteiger partial charge in [0, 0.05) is 18.0 Å². The molecule has 1 N–H and O–H groups in total. The van der Waals surface area contributed by atoms with Crippen LogP contribution in [0.15, 0.2) is 29.6 Å². The van der Waals surface area contributed by atoms with Crippen LogP contribution in [0.4, 0.5) is 9.39 Å². The zero-order valence-electron chi connectivity index (χ0n) is 13.0. The summed E-state index contributed by atoms with van der Waals surface area (Å²) in [6.45, 7) is 1.85. The summed E-state index contributed by atoms with van der Waals surface area (Å²) in [6, 6.07) is 6.12. The Morgan fingerprint density at radius 1 is 1.33 bits per heavy atom. The van der Waals surface area contributed by atoms with Crippen LogP contribution < -0.4 is 5.32 Å². The Hall–Kier alpha value is -2.32. The van der Waals surface area contributed by atoms with Gasteiger partial charge >= 0.3 is 5.97 Å². The van der Waals surface area contributed by atoms with Crippen LogP contribution in [0.3, 0.4) is 0 Å². The molecule has 0 unspecified atom stereocenters. The second-order valence-electron chi connectivity index (χ2n) is 4.95. The number of nitrogens with one attached hydrogen (secondary N) is 1. The predicted octanol–water partition coefficient (Wildman–Crippen LogP) is 4.11. The number of aromatic nitrogens is 2. The van der Waals surface area contributed by atoms with Gasteiger partial charge in [-0.1, -0.05) is 0 Å². The van der Waals surface area contributed by atoms with Gasteiger partial charge < -0.3 is 10.1 Å². The van der Waals surface area contributed by atoms with Crippen molar-refractivity contribution in [1.29, 1.82) is 0 Å². The number of aryl methyl sites for hydroxylation is 1. The fourth-order valence-electron chi connectivity index (χ4n) is 2.09. The van der Waals surface area contributed by atoms with Crippen LogP contribution in [0.5, 0.6) is 0 Å². The van der Waals surface area contributed by atoms with Crippen molar-refractivity contribution >= 4 is 33.8 Å². The molecule has 0 bridgehead atoms. The van der Waals surface area contributed by atoms with Crippen molar-refractivity contribution in [3.8, 4) is 10.6 Å². The van der Waals surface area contributed by atoms with E-state index < -0.39 is 5.97 Å². The fraction of sp³-hybridized carbons (Fsp3) is 0.188.